The molecule has 24 heavy (non-hydrogen) atoms. The molecule has 3 rings (SSSR count). The van der Waals surface area contributed by atoms with Crippen molar-refractivity contribution in [1.82, 2.24) is 9.97 Å². The van der Waals surface area contributed by atoms with Crippen LogP contribution in [0.4, 0.5) is 17.5 Å². The van der Waals surface area contributed by atoms with Gasteiger partial charge in [-0.25, -0.2) is 4.98 Å². The fraction of sp³-hybridized carbons (Fsp3) is 0.158. The summed E-state index contributed by atoms with van der Waals surface area (Å²) in [6.45, 7) is 2.76. The van der Waals surface area contributed by atoms with E-state index in [0.29, 0.717) is 5.95 Å². The molecule has 3 aromatic rings. The molecule has 0 amide bonds. The van der Waals surface area contributed by atoms with Crippen LogP contribution < -0.4 is 10.2 Å². The van der Waals surface area contributed by atoms with Crippen LogP contribution >= 0.6 is 11.6 Å². The molecule has 4 nitrogen and oxygen atoms in total. The van der Waals surface area contributed by atoms with Gasteiger partial charge in [0.15, 0.2) is 0 Å². The van der Waals surface area contributed by atoms with Gasteiger partial charge in [0, 0.05) is 30.5 Å². The van der Waals surface area contributed by atoms with Crippen LogP contribution in [0.15, 0.2) is 60.8 Å². The summed E-state index contributed by atoms with van der Waals surface area (Å²) in [5.41, 5.74) is 3.14. The third kappa shape index (κ3) is 4.03. The van der Waals surface area contributed by atoms with E-state index in [1.807, 2.05) is 56.4 Å². The van der Waals surface area contributed by atoms with E-state index in [-0.39, 0.29) is 0 Å². The van der Waals surface area contributed by atoms with Crippen molar-refractivity contribution in [2.24, 2.45) is 0 Å². The molecule has 0 unspecified atom stereocenters. The van der Waals surface area contributed by atoms with Crippen molar-refractivity contribution in [3.63, 3.8) is 0 Å². The summed E-state index contributed by atoms with van der Waals surface area (Å²) in [7, 11) is 2.02. The highest BCUT2D eigenvalue weighted by Gasteiger charge is 2.06. The van der Waals surface area contributed by atoms with Crippen molar-refractivity contribution < 1.29 is 0 Å². The maximum absolute atomic E-state index is 6.16. The van der Waals surface area contributed by atoms with Gasteiger partial charge < -0.3 is 10.2 Å². The molecule has 1 heterocycles. The third-order valence-electron chi connectivity index (χ3n) is 3.72. The normalized spacial score (nSPS) is 10.5. The SMILES string of the molecule is Cc1ccc(Nc2nccc(N(C)Cc3ccccc3)n2)cc1Cl. The lowest BCUT2D eigenvalue weighted by Crippen LogP contribution is -2.18. The molecule has 122 valence electrons. The minimum Gasteiger partial charge on any atom is -0.355 e. The molecule has 0 fully saturated rings. The summed E-state index contributed by atoms with van der Waals surface area (Å²) in [5.74, 6) is 1.40. The molecule has 0 bridgehead atoms. The van der Waals surface area contributed by atoms with Crippen molar-refractivity contribution in [2.45, 2.75) is 13.5 Å². The minimum atomic E-state index is 0.548. The van der Waals surface area contributed by atoms with Gasteiger partial charge in [0.25, 0.3) is 0 Å². The molecule has 2 aromatic carbocycles. The molecule has 0 atom stereocenters. The van der Waals surface area contributed by atoms with Crippen LogP contribution in [0.3, 0.4) is 0 Å². The van der Waals surface area contributed by atoms with E-state index >= 15 is 0 Å². The van der Waals surface area contributed by atoms with E-state index in [1.54, 1.807) is 6.20 Å². The minimum absolute atomic E-state index is 0.548. The van der Waals surface area contributed by atoms with Crippen LogP contribution in [0, 0.1) is 6.92 Å². The summed E-state index contributed by atoms with van der Waals surface area (Å²) in [5, 5.41) is 3.92. The largest absolute Gasteiger partial charge is 0.355 e. The monoisotopic (exact) mass is 338 g/mol. The van der Waals surface area contributed by atoms with Gasteiger partial charge in [0.1, 0.15) is 5.82 Å². The predicted molar refractivity (Wildman–Crippen MR) is 100 cm³/mol. The summed E-state index contributed by atoms with van der Waals surface area (Å²) in [6.07, 6.45) is 1.75. The Kier molecular flexibility index (Phi) is 4.96. The zero-order valence-corrected chi connectivity index (χ0v) is 14.5. The number of hydrogen-bond donors (Lipinski definition) is 1. The molecule has 0 radical (unpaired) electrons. The second-order valence-corrected chi connectivity index (χ2v) is 6.08. The Labute approximate surface area is 147 Å². The lowest BCUT2D eigenvalue weighted by molar-refractivity contribution is 0.893. The van der Waals surface area contributed by atoms with E-state index < -0.39 is 0 Å². The number of hydrogen-bond acceptors (Lipinski definition) is 4. The number of aromatic nitrogens is 2. The fourth-order valence-electron chi connectivity index (χ4n) is 2.36. The number of benzene rings is 2. The number of nitrogens with one attached hydrogen (secondary N) is 1. The first-order chi connectivity index (χ1) is 11.6. The van der Waals surface area contributed by atoms with E-state index in [2.05, 4.69) is 32.3 Å². The Balaban J connectivity index is 1.74. The summed E-state index contributed by atoms with van der Waals surface area (Å²) in [6, 6.07) is 18.0. The van der Waals surface area contributed by atoms with E-state index in [0.717, 1.165) is 28.6 Å². The molecule has 0 aliphatic carbocycles. The first kappa shape index (κ1) is 16.3. The van der Waals surface area contributed by atoms with Gasteiger partial charge in [0.2, 0.25) is 5.95 Å². The van der Waals surface area contributed by atoms with Crippen LogP contribution in [0.1, 0.15) is 11.1 Å². The molecule has 5 heteroatoms. The molecule has 1 N–H and O–H groups in total. The highest BCUT2D eigenvalue weighted by atomic mass is 35.5. The molecule has 0 spiro atoms. The molecular formula is C19H19ClN4. The zero-order valence-electron chi connectivity index (χ0n) is 13.7. The number of anilines is 3. The molecule has 0 saturated heterocycles. The first-order valence-corrected chi connectivity index (χ1v) is 8.11. The Bertz CT molecular complexity index is 821. The topological polar surface area (TPSA) is 41.1 Å². The second-order valence-electron chi connectivity index (χ2n) is 5.67. The van der Waals surface area contributed by atoms with Crippen LogP contribution in [-0.2, 0) is 6.54 Å². The Hall–Kier alpha value is -2.59. The van der Waals surface area contributed by atoms with E-state index in [4.69, 9.17) is 11.6 Å². The van der Waals surface area contributed by atoms with Crippen LogP contribution in [0.25, 0.3) is 0 Å². The first-order valence-electron chi connectivity index (χ1n) is 7.73. The summed E-state index contributed by atoms with van der Waals surface area (Å²) >= 11 is 6.16. The average molecular weight is 339 g/mol. The van der Waals surface area contributed by atoms with Crippen LogP contribution in [0.2, 0.25) is 5.02 Å². The van der Waals surface area contributed by atoms with Crippen LogP contribution in [0.5, 0.6) is 0 Å². The van der Waals surface area contributed by atoms with Crippen molar-refractivity contribution in [1.29, 1.82) is 0 Å². The average Bonchev–Trinajstić information content (AvgIpc) is 2.59. The van der Waals surface area contributed by atoms with Crippen molar-refractivity contribution >= 4 is 29.1 Å². The summed E-state index contributed by atoms with van der Waals surface area (Å²) < 4.78 is 0. The second kappa shape index (κ2) is 7.32. The maximum atomic E-state index is 6.16. The molecule has 0 saturated carbocycles. The van der Waals surface area contributed by atoms with Crippen LogP contribution in [-0.4, -0.2) is 17.0 Å². The van der Waals surface area contributed by atoms with Crippen molar-refractivity contribution in [3.8, 4) is 0 Å². The lowest BCUT2D eigenvalue weighted by atomic mass is 10.2. The van der Waals surface area contributed by atoms with Gasteiger partial charge in [-0.05, 0) is 36.2 Å². The molecule has 0 aliphatic rings. The summed E-state index contributed by atoms with van der Waals surface area (Å²) in [4.78, 5) is 10.9. The Morgan fingerprint density at radius 1 is 1.08 bits per heavy atom. The van der Waals surface area contributed by atoms with E-state index in [1.165, 1.54) is 5.56 Å². The van der Waals surface area contributed by atoms with Gasteiger partial charge in [-0.1, -0.05) is 48.0 Å². The quantitative estimate of drug-likeness (QED) is 0.724. The predicted octanol–water partition coefficient (Wildman–Crippen LogP) is 4.82. The molecule has 1 aromatic heterocycles. The fourth-order valence-corrected chi connectivity index (χ4v) is 2.54. The lowest BCUT2D eigenvalue weighted by Gasteiger charge is -2.18. The maximum Gasteiger partial charge on any atom is 0.229 e. The number of rotatable bonds is 5. The van der Waals surface area contributed by atoms with Gasteiger partial charge in [-0.2, -0.15) is 4.98 Å². The molecular weight excluding hydrogens is 320 g/mol. The van der Waals surface area contributed by atoms with Gasteiger partial charge >= 0.3 is 0 Å². The van der Waals surface area contributed by atoms with Crippen molar-refractivity contribution in [3.05, 3.63) is 76.9 Å². The number of halogens is 1. The molecule has 0 aliphatic heterocycles. The Morgan fingerprint density at radius 3 is 2.62 bits per heavy atom. The highest BCUT2D eigenvalue weighted by molar-refractivity contribution is 6.31. The van der Waals surface area contributed by atoms with Gasteiger partial charge in [-0.3, -0.25) is 0 Å². The third-order valence-corrected chi connectivity index (χ3v) is 4.13. The van der Waals surface area contributed by atoms with Crippen molar-refractivity contribution in [2.75, 3.05) is 17.3 Å². The van der Waals surface area contributed by atoms with E-state index in [9.17, 15) is 0 Å². The number of aryl methyl sites for hydroxylation is 1. The standard InChI is InChI=1S/C19H19ClN4/c1-14-8-9-16(12-17(14)20)22-19-21-11-10-18(23-19)24(2)13-15-6-4-3-5-7-15/h3-12H,13H2,1-2H3,(H,21,22,23). The Morgan fingerprint density at radius 2 is 1.88 bits per heavy atom. The highest BCUT2D eigenvalue weighted by Crippen LogP contribution is 2.22. The van der Waals surface area contributed by atoms with Gasteiger partial charge in [-0.15, -0.1) is 0 Å². The zero-order chi connectivity index (χ0) is 16.9. The van der Waals surface area contributed by atoms with Gasteiger partial charge in [0.05, 0.1) is 0 Å². The smallest absolute Gasteiger partial charge is 0.229 e. The number of nitrogens with zero attached hydrogens (tertiary/aromatic N) is 3.